The van der Waals surface area contributed by atoms with Crippen LogP contribution in [0.4, 0.5) is 5.69 Å². The predicted molar refractivity (Wildman–Crippen MR) is 65.4 cm³/mol. The summed E-state index contributed by atoms with van der Waals surface area (Å²) >= 11 is 0. The fourth-order valence-corrected chi connectivity index (χ4v) is 1.47. The van der Waals surface area contributed by atoms with Crippen molar-refractivity contribution in [2.24, 2.45) is 0 Å². The lowest BCUT2D eigenvalue weighted by atomic mass is 10.1. The van der Waals surface area contributed by atoms with E-state index in [0.29, 0.717) is 18.8 Å². The van der Waals surface area contributed by atoms with E-state index in [1.807, 2.05) is 20.8 Å². The smallest absolute Gasteiger partial charge is 0.337 e. The van der Waals surface area contributed by atoms with Crippen LogP contribution in [-0.2, 0) is 4.74 Å². The number of carbonyl (C=O) groups is 1. The lowest BCUT2D eigenvalue weighted by Crippen LogP contribution is -2.33. The molecule has 0 fully saturated rings. The Bertz CT molecular complexity index is 391. The lowest BCUT2D eigenvalue weighted by molar-refractivity contribution is 0.000656. The van der Waals surface area contributed by atoms with Crippen LogP contribution in [0.2, 0.25) is 0 Å². The summed E-state index contributed by atoms with van der Waals surface area (Å²) in [7, 11) is 0. The van der Waals surface area contributed by atoms with E-state index in [4.69, 9.17) is 9.84 Å². The maximum Gasteiger partial charge on any atom is 0.337 e. The number of nitrogens with one attached hydrogen (secondary N) is 1. The van der Waals surface area contributed by atoms with Crippen LogP contribution in [0.25, 0.3) is 0 Å². The van der Waals surface area contributed by atoms with Gasteiger partial charge in [0.15, 0.2) is 0 Å². The van der Waals surface area contributed by atoms with Crippen LogP contribution < -0.4 is 5.32 Å². The molecule has 0 amide bonds. The molecule has 5 heteroatoms. The van der Waals surface area contributed by atoms with Gasteiger partial charge in [0, 0.05) is 19.3 Å². The molecule has 1 aromatic rings. The molecule has 0 saturated heterocycles. The molecule has 0 aliphatic rings. The number of aromatic nitrogens is 1. The van der Waals surface area contributed by atoms with Gasteiger partial charge in [-0.05, 0) is 26.8 Å². The third kappa shape index (κ3) is 4.03. The van der Waals surface area contributed by atoms with E-state index >= 15 is 0 Å². The van der Waals surface area contributed by atoms with E-state index in [1.54, 1.807) is 0 Å². The van der Waals surface area contributed by atoms with Crippen molar-refractivity contribution in [2.45, 2.75) is 26.4 Å². The molecule has 1 rings (SSSR count). The molecule has 0 aliphatic heterocycles. The Morgan fingerprint density at radius 1 is 1.59 bits per heavy atom. The fourth-order valence-electron chi connectivity index (χ4n) is 1.47. The molecule has 0 saturated carbocycles. The van der Waals surface area contributed by atoms with Gasteiger partial charge in [-0.2, -0.15) is 0 Å². The van der Waals surface area contributed by atoms with Gasteiger partial charge in [-0.3, -0.25) is 4.98 Å². The van der Waals surface area contributed by atoms with Gasteiger partial charge in [-0.1, -0.05) is 0 Å². The number of carboxylic acid groups (broad SMARTS) is 1. The molecule has 0 radical (unpaired) electrons. The molecular weight excluding hydrogens is 220 g/mol. The summed E-state index contributed by atoms with van der Waals surface area (Å²) in [5, 5.41) is 12.1. The molecule has 0 aromatic carbocycles. The first-order chi connectivity index (χ1) is 7.96. The molecule has 0 atom stereocenters. The minimum atomic E-state index is -0.968. The number of rotatable bonds is 6. The molecule has 1 aromatic heterocycles. The first-order valence-corrected chi connectivity index (χ1v) is 5.51. The van der Waals surface area contributed by atoms with Crippen molar-refractivity contribution in [2.75, 3.05) is 18.5 Å². The molecule has 94 valence electrons. The van der Waals surface area contributed by atoms with Crippen LogP contribution in [0, 0.1) is 0 Å². The Morgan fingerprint density at radius 3 is 2.88 bits per heavy atom. The Labute approximate surface area is 101 Å². The molecule has 1 heterocycles. The third-order valence-electron chi connectivity index (χ3n) is 2.29. The van der Waals surface area contributed by atoms with E-state index in [1.165, 1.54) is 18.5 Å². The van der Waals surface area contributed by atoms with Crippen LogP contribution >= 0.6 is 0 Å². The van der Waals surface area contributed by atoms with E-state index in [2.05, 4.69) is 10.3 Å². The quantitative estimate of drug-likeness (QED) is 0.793. The van der Waals surface area contributed by atoms with Crippen LogP contribution in [0.1, 0.15) is 31.1 Å². The van der Waals surface area contributed by atoms with Crippen LogP contribution in [0.3, 0.4) is 0 Å². The van der Waals surface area contributed by atoms with Gasteiger partial charge in [-0.25, -0.2) is 4.79 Å². The molecule has 17 heavy (non-hydrogen) atoms. The van der Waals surface area contributed by atoms with Gasteiger partial charge < -0.3 is 15.2 Å². The zero-order valence-electron chi connectivity index (χ0n) is 10.4. The SMILES string of the molecule is CCOC(C)(C)CNc1cnccc1C(=O)O. The van der Waals surface area contributed by atoms with Crippen LogP contribution in [-0.4, -0.2) is 34.8 Å². The number of carboxylic acids is 1. The highest BCUT2D eigenvalue weighted by Gasteiger charge is 2.18. The summed E-state index contributed by atoms with van der Waals surface area (Å²) in [5.74, 6) is -0.968. The zero-order chi connectivity index (χ0) is 12.9. The van der Waals surface area contributed by atoms with Crippen molar-refractivity contribution in [1.29, 1.82) is 0 Å². The van der Waals surface area contributed by atoms with E-state index in [-0.39, 0.29) is 11.2 Å². The highest BCUT2D eigenvalue weighted by atomic mass is 16.5. The third-order valence-corrected chi connectivity index (χ3v) is 2.29. The van der Waals surface area contributed by atoms with Gasteiger partial charge in [0.05, 0.1) is 23.0 Å². The Morgan fingerprint density at radius 2 is 2.29 bits per heavy atom. The van der Waals surface area contributed by atoms with Gasteiger partial charge in [0.1, 0.15) is 0 Å². The van der Waals surface area contributed by atoms with Crippen LogP contribution in [0.15, 0.2) is 18.5 Å². The molecular formula is C12H18N2O3. The second-order valence-electron chi connectivity index (χ2n) is 4.27. The predicted octanol–water partition coefficient (Wildman–Crippen LogP) is 2.01. The Balaban J connectivity index is 2.72. The average molecular weight is 238 g/mol. The van der Waals surface area contributed by atoms with E-state index < -0.39 is 5.97 Å². The second kappa shape index (κ2) is 5.63. The summed E-state index contributed by atoms with van der Waals surface area (Å²) in [6.45, 7) is 6.95. The first kappa shape index (κ1) is 13.4. The van der Waals surface area contributed by atoms with Crippen molar-refractivity contribution >= 4 is 11.7 Å². The number of aromatic carboxylic acids is 1. The summed E-state index contributed by atoms with van der Waals surface area (Å²) in [5.41, 5.74) is 0.375. The minimum absolute atomic E-state index is 0.215. The molecule has 5 nitrogen and oxygen atoms in total. The zero-order valence-corrected chi connectivity index (χ0v) is 10.4. The van der Waals surface area contributed by atoms with Gasteiger partial charge in [-0.15, -0.1) is 0 Å². The number of pyridine rings is 1. The van der Waals surface area contributed by atoms with Crippen molar-refractivity contribution in [3.05, 3.63) is 24.0 Å². The number of ether oxygens (including phenoxy) is 1. The number of hydrogen-bond donors (Lipinski definition) is 2. The number of hydrogen-bond acceptors (Lipinski definition) is 4. The Hall–Kier alpha value is -1.62. The molecule has 0 unspecified atom stereocenters. The highest BCUT2D eigenvalue weighted by Crippen LogP contribution is 2.16. The largest absolute Gasteiger partial charge is 0.478 e. The molecule has 0 bridgehead atoms. The second-order valence-corrected chi connectivity index (χ2v) is 4.27. The first-order valence-electron chi connectivity index (χ1n) is 5.51. The Kier molecular flexibility index (Phi) is 4.45. The molecule has 0 spiro atoms. The van der Waals surface area contributed by atoms with E-state index in [9.17, 15) is 4.79 Å². The molecule has 2 N–H and O–H groups in total. The summed E-state index contributed by atoms with van der Waals surface area (Å²) < 4.78 is 5.52. The average Bonchev–Trinajstić information content (AvgIpc) is 2.27. The van der Waals surface area contributed by atoms with E-state index in [0.717, 1.165) is 0 Å². The lowest BCUT2D eigenvalue weighted by Gasteiger charge is -2.25. The van der Waals surface area contributed by atoms with Crippen molar-refractivity contribution < 1.29 is 14.6 Å². The highest BCUT2D eigenvalue weighted by molar-refractivity contribution is 5.93. The monoisotopic (exact) mass is 238 g/mol. The minimum Gasteiger partial charge on any atom is -0.478 e. The molecule has 0 aliphatic carbocycles. The normalized spacial score (nSPS) is 11.2. The topological polar surface area (TPSA) is 71.5 Å². The standard InChI is InChI=1S/C12H18N2O3/c1-4-17-12(2,3)8-14-10-7-13-6-5-9(10)11(15)16/h5-7,14H,4,8H2,1-3H3,(H,15,16). The summed E-state index contributed by atoms with van der Waals surface area (Å²) in [4.78, 5) is 14.9. The van der Waals surface area contributed by atoms with Crippen molar-refractivity contribution in [3.8, 4) is 0 Å². The number of nitrogens with zero attached hydrogens (tertiary/aromatic N) is 1. The fraction of sp³-hybridized carbons (Fsp3) is 0.500. The van der Waals surface area contributed by atoms with Crippen LogP contribution in [0.5, 0.6) is 0 Å². The maximum absolute atomic E-state index is 11.0. The number of anilines is 1. The summed E-state index contributed by atoms with van der Waals surface area (Å²) in [6, 6.07) is 1.47. The maximum atomic E-state index is 11.0. The van der Waals surface area contributed by atoms with Gasteiger partial charge in [0.2, 0.25) is 0 Å². The van der Waals surface area contributed by atoms with Gasteiger partial charge >= 0.3 is 5.97 Å². The van der Waals surface area contributed by atoms with Gasteiger partial charge in [0.25, 0.3) is 0 Å². The summed E-state index contributed by atoms with van der Waals surface area (Å²) in [6.07, 6.45) is 2.97. The van der Waals surface area contributed by atoms with Crippen molar-refractivity contribution in [3.63, 3.8) is 0 Å². The van der Waals surface area contributed by atoms with Crippen molar-refractivity contribution in [1.82, 2.24) is 4.98 Å².